The maximum absolute atomic E-state index is 5.77. The first-order chi connectivity index (χ1) is 10.3. The molecule has 2 rings (SSSR count). The molecule has 1 heterocycles. The van der Waals surface area contributed by atoms with Crippen molar-refractivity contribution in [2.75, 3.05) is 13.2 Å². The van der Waals surface area contributed by atoms with Gasteiger partial charge in [-0.05, 0) is 41.6 Å². The van der Waals surface area contributed by atoms with Gasteiger partial charge >= 0.3 is 0 Å². The van der Waals surface area contributed by atoms with Crippen molar-refractivity contribution in [3.63, 3.8) is 0 Å². The average Bonchev–Trinajstić information content (AvgIpc) is 2.99. The van der Waals surface area contributed by atoms with E-state index in [1.807, 2.05) is 0 Å². The number of ether oxygens (including phenoxy) is 1. The van der Waals surface area contributed by atoms with Gasteiger partial charge in [0.05, 0.1) is 13.2 Å². The van der Waals surface area contributed by atoms with Gasteiger partial charge in [0.15, 0.2) is 0 Å². The summed E-state index contributed by atoms with van der Waals surface area (Å²) in [5.41, 5.74) is 2.51. The minimum atomic E-state index is 0.661. The maximum atomic E-state index is 5.77. The van der Waals surface area contributed by atoms with E-state index in [4.69, 9.17) is 4.74 Å². The number of nitrogens with one attached hydrogen (secondary N) is 1. The summed E-state index contributed by atoms with van der Waals surface area (Å²) >= 11 is 5.43. The minimum Gasteiger partial charge on any atom is -0.376 e. The Morgan fingerprint density at radius 2 is 2.19 bits per heavy atom. The molecule has 0 amide bonds. The Kier molecular flexibility index (Phi) is 7.44. The van der Waals surface area contributed by atoms with Crippen molar-refractivity contribution in [3.05, 3.63) is 56.2 Å². The normalized spacial score (nSPS) is 11.0. The van der Waals surface area contributed by atoms with Crippen LogP contribution in [0.2, 0.25) is 0 Å². The van der Waals surface area contributed by atoms with Gasteiger partial charge in [0.1, 0.15) is 0 Å². The van der Waals surface area contributed by atoms with Gasteiger partial charge in [-0.15, -0.1) is 11.3 Å². The van der Waals surface area contributed by atoms with Crippen molar-refractivity contribution >= 4 is 27.3 Å². The molecule has 0 aliphatic carbocycles. The fourth-order valence-corrected chi connectivity index (χ4v) is 3.27. The molecule has 114 valence electrons. The van der Waals surface area contributed by atoms with Crippen LogP contribution in [0.1, 0.15) is 29.3 Å². The van der Waals surface area contributed by atoms with Crippen LogP contribution in [0.3, 0.4) is 0 Å². The van der Waals surface area contributed by atoms with Gasteiger partial charge in [-0.1, -0.05) is 41.1 Å². The molecular weight excluding hydrogens is 346 g/mol. The molecule has 2 nitrogen and oxygen atoms in total. The largest absolute Gasteiger partial charge is 0.376 e. The number of hydrogen-bond acceptors (Lipinski definition) is 3. The highest BCUT2D eigenvalue weighted by Gasteiger charge is 2.02. The van der Waals surface area contributed by atoms with Crippen LogP contribution in [0.4, 0.5) is 0 Å². The smallest absolute Gasteiger partial charge is 0.0727 e. The lowest BCUT2D eigenvalue weighted by Gasteiger charge is -2.09. The highest BCUT2D eigenvalue weighted by Crippen LogP contribution is 2.20. The second kappa shape index (κ2) is 9.36. The summed E-state index contributed by atoms with van der Waals surface area (Å²) in [7, 11) is 0. The maximum Gasteiger partial charge on any atom is 0.0727 e. The first kappa shape index (κ1) is 16.7. The first-order valence-corrected chi connectivity index (χ1v) is 9.05. The second-order valence-electron chi connectivity index (χ2n) is 4.98. The van der Waals surface area contributed by atoms with Crippen molar-refractivity contribution < 1.29 is 4.74 Å². The van der Waals surface area contributed by atoms with E-state index in [1.54, 1.807) is 11.3 Å². The molecule has 0 unspecified atom stereocenters. The fraction of sp³-hybridized carbons (Fsp3) is 0.412. The molecule has 0 fully saturated rings. The van der Waals surface area contributed by atoms with Crippen LogP contribution in [-0.4, -0.2) is 13.2 Å². The van der Waals surface area contributed by atoms with Crippen LogP contribution in [0.25, 0.3) is 0 Å². The third-order valence-corrected chi connectivity index (χ3v) is 4.88. The summed E-state index contributed by atoms with van der Waals surface area (Å²) in [6.45, 7) is 5.60. The molecule has 0 bridgehead atoms. The molecule has 1 N–H and O–H groups in total. The van der Waals surface area contributed by atoms with Crippen LogP contribution >= 0.6 is 27.3 Å². The van der Waals surface area contributed by atoms with E-state index in [0.717, 1.165) is 37.0 Å². The van der Waals surface area contributed by atoms with E-state index in [0.29, 0.717) is 6.61 Å². The SMILES string of the molecule is CCCNCc1ccc(COCCc2cccs2)c(Br)c1. The average molecular weight is 368 g/mol. The van der Waals surface area contributed by atoms with E-state index in [-0.39, 0.29) is 0 Å². The monoisotopic (exact) mass is 367 g/mol. The van der Waals surface area contributed by atoms with Gasteiger partial charge in [0.2, 0.25) is 0 Å². The van der Waals surface area contributed by atoms with Gasteiger partial charge in [-0.2, -0.15) is 0 Å². The third kappa shape index (κ3) is 5.91. The summed E-state index contributed by atoms with van der Waals surface area (Å²) in [6.07, 6.45) is 2.16. The van der Waals surface area contributed by atoms with Crippen LogP contribution in [0.5, 0.6) is 0 Å². The van der Waals surface area contributed by atoms with Crippen molar-refractivity contribution in [1.29, 1.82) is 0 Å². The fourth-order valence-electron chi connectivity index (χ4n) is 2.04. The lowest BCUT2D eigenvalue weighted by molar-refractivity contribution is 0.124. The van der Waals surface area contributed by atoms with Crippen molar-refractivity contribution in [2.24, 2.45) is 0 Å². The van der Waals surface area contributed by atoms with E-state index in [1.165, 1.54) is 16.0 Å². The summed E-state index contributed by atoms with van der Waals surface area (Å²) in [6, 6.07) is 10.7. The van der Waals surface area contributed by atoms with Crippen molar-refractivity contribution in [1.82, 2.24) is 5.32 Å². The highest BCUT2D eigenvalue weighted by molar-refractivity contribution is 9.10. The first-order valence-electron chi connectivity index (χ1n) is 7.37. The zero-order valence-corrected chi connectivity index (χ0v) is 14.8. The van der Waals surface area contributed by atoms with Gasteiger partial charge in [-0.25, -0.2) is 0 Å². The van der Waals surface area contributed by atoms with Crippen LogP contribution in [0.15, 0.2) is 40.2 Å². The quantitative estimate of drug-likeness (QED) is 0.644. The van der Waals surface area contributed by atoms with Gasteiger partial charge < -0.3 is 10.1 Å². The number of halogens is 1. The second-order valence-corrected chi connectivity index (χ2v) is 6.87. The Hall–Kier alpha value is -0.680. The molecule has 0 saturated heterocycles. The highest BCUT2D eigenvalue weighted by atomic mass is 79.9. The lowest BCUT2D eigenvalue weighted by atomic mass is 10.1. The van der Waals surface area contributed by atoms with Gasteiger partial charge in [0.25, 0.3) is 0 Å². The van der Waals surface area contributed by atoms with Crippen molar-refractivity contribution in [2.45, 2.75) is 32.9 Å². The Balaban J connectivity index is 1.75. The van der Waals surface area contributed by atoms with Crippen LogP contribution < -0.4 is 5.32 Å². The summed E-state index contributed by atoms with van der Waals surface area (Å²) in [5, 5.41) is 5.52. The molecule has 4 heteroatoms. The zero-order chi connectivity index (χ0) is 14.9. The molecule has 1 aromatic carbocycles. The van der Waals surface area contributed by atoms with Gasteiger partial charge in [0, 0.05) is 22.3 Å². The molecule has 0 atom stereocenters. The topological polar surface area (TPSA) is 21.3 Å². The van der Waals surface area contributed by atoms with E-state index >= 15 is 0 Å². The molecular formula is C17H22BrNOS. The molecule has 0 spiro atoms. The third-order valence-electron chi connectivity index (χ3n) is 3.20. The predicted molar refractivity (Wildman–Crippen MR) is 93.8 cm³/mol. The molecule has 21 heavy (non-hydrogen) atoms. The number of hydrogen-bond donors (Lipinski definition) is 1. The Morgan fingerprint density at radius 3 is 2.90 bits per heavy atom. The number of rotatable bonds is 9. The summed E-state index contributed by atoms with van der Waals surface area (Å²) < 4.78 is 6.91. The molecule has 0 saturated carbocycles. The molecule has 0 radical (unpaired) electrons. The summed E-state index contributed by atoms with van der Waals surface area (Å²) in [4.78, 5) is 1.38. The lowest BCUT2D eigenvalue weighted by Crippen LogP contribution is -2.13. The van der Waals surface area contributed by atoms with Gasteiger partial charge in [-0.3, -0.25) is 0 Å². The van der Waals surface area contributed by atoms with Crippen LogP contribution in [0, 0.1) is 0 Å². The van der Waals surface area contributed by atoms with E-state index in [9.17, 15) is 0 Å². The number of thiophene rings is 1. The Morgan fingerprint density at radius 1 is 1.29 bits per heavy atom. The molecule has 1 aromatic heterocycles. The van der Waals surface area contributed by atoms with Crippen LogP contribution in [-0.2, 0) is 24.3 Å². The summed E-state index contributed by atoms with van der Waals surface area (Å²) in [5.74, 6) is 0. The molecule has 2 aromatic rings. The zero-order valence-electron chi connectivity index (χ0n) is 12.4. The minimum absolute atomic E-state index is 0.661. The predicted octanol–water partition coefficient (Wildman–Crippen LogP) is 4.77. The molecule has 0 aliphatic heterocycles. The molecule has 0 aliphatic rings. The van der Waals surface area contributed by atoms with E-state index in [2.05, 4.69) is 63.9 Å². The Labute approximate surface area is 139 Å². The van der Waals surface area contributed by atoms with Crippen molar-refractivity contribution in [3.8, 4) is 0 Å². The Bertz CT molecular complexity index is 528. The standard InChI is InChI=1S/C17H22BrNOS/c1-2-8-19-12-14-5-6-15(17(18)11-14)13-20-9-7-16-4-3-10-21-16/h3-6,10-11,19H,2,7-9,12-13H2,1H3. The number of benzene rings is 1. The van der Waals surface area contributed by atoms with E-state index < -0.39 is 0 Å².